The molecule has 1 fully saturated rings. The SMILES string of the molecule is CSc1c2sc(C3=C(C(=O)O)N4C(=O)[C@H]([C@@H](C)O)[C@H]4[C@H]3C)cn2c[n+]1CCc1ccccc1.[I-]. The molecule has 7 nitrogen and oxygen atoms in total. The van der Waals surface area contributed by atoms with Gasteiger partial charge in [0.25, 0.3) is 6.33 Å². The summed E-state index contributed by atoms with van der Waals surface area (Å²) < 4.78 is 4.29. The maximum atomic E-state index is 12.6. The lowest BCUT2D eigenvalue weighted by atomic mass is 9.77. The van der Waals surface area contributed by atoms with Gasteiger partial charge in [0.15, 0.2) is 0 Å². The van der Waals surface area contributed by atoms with Gasteiger partial charge in [0.05, 0.1) is 29.5 Å². The van der Waals surface area contributed by atoms with E-state index in [1.54, 1.807) is 30.0 Å². The van der Waals surface area contributed by atoms with Crippen LogP contribution in [0.15, 0.2) is 53.6 Å². The molecule has 0 spiro atoms. The Balaban J connectivity index is 0.00000274. The third-order valence-electron chi connectivity index (χ3n) is 6.72. The van der Waals surface area contributed by atoms with Crippen LogP contribution in [0.2, 0.25) is 0 Å². The molecular formula is C24H26IN3O4S2. The van der Waals surface area contributed by atoms with E-state index in [0.29, 0.717) is 5.57 Å². The number of aryl methyl sites for hydroxylation is 2. The highest BCUT2D eigenvalue weighted by Gasteiger charge is 2.60. The summed E-state index contributed by atoms with van der Waals surface area (Å²) in [6, 6.07) is 10.1. The standard InChI is InChI=1S/C24H25N3O4S2.HI/c1-13-17(20(24(30)31)27-19(13)18(14(2)28)21(27)29)16-11-26-12-25(22(32-3)23(26)33-16)10-9-15-7-5-4-6-8-15;/h4-8,11-14,18-19,28H,9-10H2,1-3H3;1H/t13-,14+,18+,19+;/m0./s1. The van der Waals surface area contributed by atoms with E-state index in [0.717, 1.165) is 27.7 Å². The number of β-lactam (4-membered cyclic amide) rings is 1. The number of hydrogen-bond acceptors (Lipinski definition) is 5. The molecule has 180 valence electrons. The Labute approximate surface area is 223 Å². The minimum atomic E-state index is -1.10. The van der Waals surface area contributed by atoms with E-state index in [2.05, 4.69) is 27.4 Å². The molecule has 0 unspecified atom stereocenters. The molecular weight excluding hydrogens is 585 g/mol. The lowest BCUT2D eigenvalue weighted by Gasteiger charge is -2.46. The molecule has 4 heterocycles. The number of thioether (sulfide) groups is 1. The zero-order valence-corrected chi connectivity index (χ0v) is 22.8. The van der Waals surface area contributed by atoms with E-state index >= 15 is 0 Å². The van der Waals surface area contributed by atoms with Crippen LogP contribution in [-0.4, -0.2) is 49.8 Å². The smallest absolute Gasteiger partial charge is 0.352 e. The molecule has 4 atom stereocenters. The van der Waals surface area contributed by atoms with Crippen molar-refractivity contribution in [2.45, 2.75) is 44.0 Å². The number of fused-ring (bicyclic) bond motifs is 2. The van der Waals surface area contributed by atoms with Gasteiger partial charge in [0, 0.05) is 17.9 Å². The zero-order chi connectivity index (χ0) is 23.4. The molecule has 2 aromatic heterocycles. The maximum absolute atomic E-state index is 12.6. The summed E-state index contributed by atoms with van der Waals surface area (Å²) in [4.78, 5) is 28.1. The third kappa shape index (κ3) is 3.88. The summed E-state index contributed by atoms with van der Waals surface area (Å²) in [6.45, 7) is 4.40. The van der Waals surface area contributed by atoms with Crippen LogP contribution < -0.4 is 28.5 Å². The third-order valence-corrected chi connectivity index (χ3v) is 8.81. The first-order chi connectivity index (χ1) is 15.8. The van der Waals surface area contributed by atoms with Crippen molar-refractivity contribution in [1.29, 1.82) is 0 Å². The molecule has 0 bridgehead atoms. The number of benzene rings is 1. The Kier molecular flexibility index (Phi) is 7.14. The molecule has 2 aliphatic rings. The molecule has 1 aromatic carbocycles. The van der Waals surface area contributed by atoms with E-state index < -0.39 is 18.0 Å². The lowest BCUT2D eigenvalue weighted by Crippen LogP contribution is -3.00. The van der Waals surface area contributed by atoms with Gasteiger partial charge in [-0.05, 0) is 18.7 Å². The number of aliphatic hydroxyl groups excluding tert-OH is 1. The van der Waals surface area contributed by atoms with Crippen LogP contribution >= 0.6 is 23.1 Å². The van der Waals surface area contributed by atoms with Gasteiger partial charge < -0.3 is 39.1 Å². The second-order valence-electron chi connectivity index (χ2n) is 8.68. The minimum absolute atomic E-state index is 0. The first kappa shape index (κ1) is 25.2. The number of nitrogens with zero attached hydrogens (tertiary/aromatic N) is 3. The Morgan fingerprint density at radius 3 is 2.62 bits per heavy atom. The molecule has 2 N–H and O–H groups in total. The van der Waals surface area contributed by atoms with Gasteiger partial charge in [-0.15, -0.1) is 0 Å². The Morgan fingerprint density at radius 2 is 2.00 bits per heavy atom. The van der Waals surface area contributed by atoms with Crippen LogP contribution in [0.25, 0.3) is 10.4 Å². The highest BCUT2D eigenvalue weighted by atomic mass is 127. The summed E-state index contributed by atoms with van der Waals surface area (Å²) in [5.74, 6) is -2.13. The highest BCUT2D eigenvalue weighted by molar-refractivity contribution is 7.98. The largest absolute Gasteiger partial charge is 1.00 e. The van der Waals surface area contributed by atoms with E-state index in [1.165, 1.54) is 10.5 Å². The number of hydrogen-bond donors (Lipinski definition) is 2. The van der Waals surface area contributed by atoms with Crippen LogP contribution in [0.3, 0.4) is 0 Å². The first-order valence-electron chi connectivity index (χ1n) is 10.9. The fourth-order valence-electron chi connectivity index (χ4n) is 5.21. The second kappa shape index (κ2) is 9.63. The van der Waals surface area contributed by atoms with Crippen molar-refractivity contribution in [3.05, 3.63) is 59.0 Å². The van der Waals surface area contributed by atoms with E-state index in [-0.39, 0.29) is 47.5 Å². The fraction of sp³-hybridized carbons (Fsp3) is 0.375. The van der Waals surface area contributed by atoms with Crippen molar-refractivity contribution in [2.75, 3.05) is 6.26 Å². The number of thiazole rings is 1. The molecule has 0 saturated carbocycles. The van der Waals surface area contributed by atoms with Gasteiger partial charge >= 0.3 is 5.97 Å². The molecule has 0 aliphatic carbocycles. The van der Waals surface area contributed by atoms with Crippen molar-refractivity contribution < 1.29 is 48.3 Å². The van der Waals surface area contributed by atoms with E-state index in [1.807, 2.05) is 37.6 Å². The average molecular weight is 612 g/mol. The monoisotopic (exact) mass is 611 g/mol. The predicted octanol–water partition coefficient (Wildman–Crippen LogP) is -0.0899. The molecule has 3 aromatic rings. The van der Waals surface area contributed by atoms with E-state index in [9.17, 15) is 19.8 Å². The highest BCUT2D eigenvalue weighted by Crippen LogP contribution is 2.51. The number of carboxylic acid groups (broad SMARTS) is 1. The number of amides is 1. The number of imidazole rings is 1. The van der Waals surface area contributed by atoms with Crippen LogP contribution in [0.1, 0.15) is 24.3 Å². The van der Waals surface area contributed by atoms with Gasteiger partial charge in [-0.3, -0.25) is 4.79 Å². The summed E-state index contributed by atoms with van der Waals surface area (Å²) in [7, 11) is 0. The van der Waals surface area contributed by atoms with Gasteiger partial charge in [-0.25, -0.2) is 9.36 Å². The van der Waals surface area contributed by atoms with Crippen LogP contribution in [0, 0.1) is 11.8 Å². The lowest BCUT2D eigenvalue weighted by molar-refractivity contribution is -0.729. The normalized spacial score (nSPS) is 22.5. The summed E-state index contributed by atoms with van der Waals surface area (Å²) in [6.07, 6.45) is 6.20. The molecule has 10 heteroatoms. The number of aromatic nitrogens is 2. The van der Waals surface area contributed by atoms with Crippen LogP contribution in [0.5, 0.6) is 0 Å². The van der Waals surface area contributed by atoms with Crippen LogP contribution in [-0.2, 0) is 22.6 Å². The molecule has 0 radical (unpaired) electrons. The number of rotatable bonds is 7. The van der Waals surface area contributed by atoms with Gasteiger partial charge in [0.2, 0.25) is 15.8 Å². The van der Waals surface area contributed by atoms with Gasteiger partial charge in [-0.1, -0.05) is 60.4 Å². The van der Waals surface area contributed by atoms with Crippen molar-refractivity contribution >= 4 is 45.4 Å². The molecule has 34 heavy (non-hydrogen) atoms. The second-order valence-corrected chi connectivity index (χ2v) is 10.5. The number of aliphatic carboxylic acids is 1. The Bertz CT molecular complexity index is 1280. The Hall–Kier alpha value is -1.89. The minimum Gasteiger partial charge on any atom is -1.00 e. The summed E-state index contributed by atoms with van der Waals surface area (Å²) in [5.41, 5.74) is 2.02. The quantitative estimate of drug-likeness (QED) is 0.169. The summed E-state index contributed by atoms with van der Waals surface area (Å²) in [5, 5.41) is 21.2. The number of carbonyl (C=O) groups excluding carboxylic acids is 1. The van der Waals surface area contributed by atoms with Crippen molar-refractivity contribution in [1.82, 2.24) is 9.30 Å². The van der Waals surface area contributed by atoms with Crippen molar-refractivity contribution in [3.8, 4) is 0 Å². The molecule has 2 aliphatic heterocycles. The summed E-state index contributed by atoms with van der Waals surface area (Å²) >= 11 is 3.23. The number of carbonyl (C=O) groups is 2. The van der Waals surface area contributed by atoms with Crippen LogP contribution in [0.4, 0.5) is 0 Å². The van der Waals surface area contributed by atoms with Crippen molar-refractivity contribution in [2.24, 2.45) is 11.8 Å². The van der Waals surface area contributed by atoms with Crippen molar-refractivity contribution in [3.63, 3.8) is 0 Å². The Morgan fingerprint density at radius 1 is 1.29 bits per heavy atom. The first-order valence-corrected chi connectivity index (χ1v) is 13.0. The zero-order valence-electron chi connectivity index (χ0n) is 19.0. The predicted molar refractivity (Wildman–Crippen MR) is 127 cm³/mol. The number of aliphatic hydroxyl groups is 1. The molecule has 5 rings (SSSR count). The molecule has 1 amide bonds. The number of carboxylic acids is 1. The average Bonchev–Trinajstić information content (AvgIpc) is 3.39. The topological polar surface area (TPSA) is 86.1 Å². The van der Waals surface area contributed by atoms with E-state index in [4.69, 9.17) is 0 Å². The van der Waals surface area contributed by atoms with Gasteiger partial charge in [-0.2, -0.15) is 4.40 Å². The fourth-order valence-corrected chi connectivity index (χ4v) is 7.41. The van der Waals surface area contributed by atoms with Gasteiger partial charge in [0.1, 0.15) is 11.9 Å². The number of halogens is 1. The molecule has 1 saturated heterocycles. The maximum Gasteiger partial charge on any atom is 0.352 e.